The maximum Gasteiger partial charge on any atom is 0.163 e. The molecule has 20 heavy (non-hydrogen) atoms. The molecule has 0 aromatic rings. The summed E-state index contributed by atoms with van der Waals surface area (Å²) in [5.74, 6) is 0.751. The highest BCUT2D eigenvalue weighted by Crippen LogP contribution is 2.64. The van der Waals surface area contributed by atoms with Crippen molar-refractivity contribution in [2.24, 2.45) is 28.6 Å². The first kappa shape index (κ1) is 13.0. The minimum absolute atomic E-state index is 0.0200. The lowest BCUT2D eigenvalue weighted by Gasteiger charge is -2.53. The fourth-order valence-electron chi connectivity index (χ4n) is 5.27. The van der Waals surface area contributed by atoms with Crippen molar-refractivity contribution >= 4 is 5.78 Å². The molecule has 2 saturated carbocycles. The molecule has 3 fully saturated rings. The van der Waals surface area contributed by atoms with Crippen LogP contribution < -0.4 is 0 Å². The van der Waals surface area contributed by atoms with Gasteiger partial charge in [0.15, 0.2) is 5.79 Å². The van der Waals surface area contributed by atoms with Gasteiger partial charge in [-0.1, -0.05) is 32.9 Å². The van der Waals surface area contributed by atoms with Gasteiger partial charge in [-0.25, -0.2) is 0 Å². The van der Waals surface area contributed by atoms with Crippen LogP contribution >= 0.6 is 0 Å². The number of hydrogen-bond donors (Lipinski definition) is 0. The van der Waals surface area contributed by atoms with Gasteiger partial charge in [0.2, 0.25) is 0 Å². The van der Waals surface area contributed by atoms with E-state index in [4.69, 9.17) is 9.47 Å². The van der Waals surface area contributed by atoms with E-state index in [0.717, 1.165) is 6.42 Å². The molecule has 6 unspecified atom stereocenters. The Hall–Kier alpha value is -0.670. The number of hydrogen-bond acceptors (Lipinski definition) is 3. The van der Waals surface area contributed by atoms with Crippen LogP contribution in [-0.2, 0) is 14.3 Å². The Kier molecular flexibility index (Phi) is 2.20. The van der Waals surface area contributed by atoms with Crippen molar-refractivity contribution in [3.63, 3.8) is 0 Å². The van der Waals surface area contributed by atoms with Crippen LogP contribution in [0.15, 0.2) is 12.2 Å². The van der Waals surface area contributed by atoms with Gasteiger partial charge in [-0.3, -0.25) is 4.79 Å². The Balaban J connectivity index is 1.82. The molecule has 0 aromatic carbocycles. The van der Waals surface area contributed by atoms with Gasteiger partial charge in [-0.05, 0) is 26.2 Å². The second-order valence-electron chi connectivity index (χ2n) is 8.42. The number of carbonyl (C=O) groups is 1. The Morgan fingerprint density at radius 3 is 2.55 bits per heavy atom. The molecule has 0 N–H and O–H groups in total. The standard InChI is InChI=1S/C17H24O3/c1-15(2)8-10-9-6-7-17(5,11(10)13(15)18)14-12(9)19-16(3,4)20-14/h6-7,9-12,14H,8H2,1-5H3. The molecule has 0 spiro atoms. The first-order valence-corrected chi connectivity index (χ1v) is 7.75. The van der Waals surface area contributed by atoms with Crippen molar-refractivity contribution in [2.75, 3.05) is 0 Å². The van der Waals surface area contributed by atoms with Gasteiger partial charge in [-0.15, -0.1) is 0 Å². The molecule has 6 atom stereocenters. The summed E-state index contributed by atoms with van der Waals surface area (Å²) in [6.45, 7) is 10.3. The van der Waals surface area contributed by atoms with Crippen LogP contribution in [0.4, 0.5) is 0 Å². The molecule has 4 aliphatic carbocycles. The summed E-state index contributed by atoms with van der Waals surface area (Å²) in [5.41, 5.74) is -0.405. The largest absolute Gasteiger partial charge is 0.344 e. The van der Waals surface area contributed by atoms with Crippen LogP contribution in [0, 0.1) is 28.6 Å². The number of carbonyl (C=O) groups excluding carboxylic acids is 1. The van der Waals surface area contributed by atoms with E-state index in [1.807, 2.05) is 13.8 Å². The first-order chi connectivity index (χ1) is 9.16. The van der Waals surface area contributed by atoms with Crippen LogP contribution in [-0.4, -0.2) is 23.8 Å². The van der Waals surface area contributed by atoms with E-state index in [1.165, 1.54) is 0 Å². The molecular formula is C17H24O3. The summed E-state index contributed by atoms with van der Waals surface area (Å²) in [6, 6.07) is 0. The highest BCUT2D eigenvalue weighted by Gasteiger charge is 2.69. The highest BCUT2D eigenvalue weighted by atomic mass is 16.8. The minimum Gasteiger partial charge on any atom is -0.344 e. The van der Waals surface area contributed by atoms with E-state index in [1.54, 1.807) is 0 Å². The monoisotopic (exact) mass is 276 g/mol. The summed E-state index contributed by atoms with van der Waals surface area (Å²) in [4.78, 5) is 12.9. The first-order valence-electron chi connectivity index (χ1n) is 7.75. The molecule has 2 bridgehead atoms. The molecule has 110 valence electrons. The Bertz CT molecular complexity index is 518. The van der Waals surface area contributed by atoms with Crippen LogP contribution in [0.3, 0.4) is 0 Å². The molecule has 0 amide bonds. The van der Waals surface area contributed by atoms with Crippen molar-refractivity contribution in [3.8, 4) is 0 Å². The lowest BCUT2D eigenvalue weighted by atomic mass is 9.53. The van der Waals surface area contributed by atoms with E-state index in [-0.39, 0.29) is 29.0 Å². The van der Waals surface area contributed by atoms with Crippen LogP contribution in [0.25, 0.3) is 0 Å². The maximum absolute atomic E-state index is 12.9. The van der Waals surface area contributed by atoms with Crippen molar-refractivity contribution in [2.45, 2.75) is 59.0 Å². The van der Waals surface area contributed by atoms with Crippen LogP contribution in [0.5, 0.6) is 0 Å². The van der Waals surface area contributed by atoms with Crippen molar-refractivity contribution in [3.05, 3.63) is 12.2 Å². The molecule has 0 radical (unpaired) electrons. The fraction of sp³-hybridized carbons (Fsp3) is 0.824. The SMILES string of the molecule is CC1(C)OC2C3C=CC(C)(C2O1)C1C(=O)C(C)(C)CC31. The molecular weight excluding hydrogens is 252 g/mol. The van der Waals surface area contributed by atoms with Gasteiger partial charge in [0.1, 0.15) is 5.78 Å². The van der Waals surface area contributed by atoms with Crippen molar-refractivity contribution in [1.82, 2.24) is 0 Å². The predicted molar refractivity (Wildman–Crippen MR) is 74.9 cm³/mol. The molecule has 5 aliphatic rings. The molecule has 0 aromatic heterocycles. The van der Waals surface area contributed by atoms with Crippen LogP contribution in [0.2, 0.25) is 0 Å². The Morgan fingerprint density at radius 2 is 1.85 bits per heavy atom. The van der Waals surface area contributed by atoms with Gasteiger partial charge < -0.3 is 9.47 Å². The zero-order chi connectivity index (χ0) is 14.5. The smallest absolute Gasteiger partial charge is 0.163 e. The quantitative estimate of drug-likeness (QED) is 0.638. The molecule has 1 saturated heterocycles. The second-order valence-corrected chi connectivity index (χ2v) is 8.42. The second kappa shape index (κ2) is 3.38. The summed E-state index contributed by atoms with van der Waals surface area (Å²) >= 11 is 0. The van der Waals surface area contributed by atoms with E-state index in [9.17, 15) is 4.79 Å². The number of ether oxygens (including phenoxy) is 2. The number of ketones is 1. The summed E-state index contributed by atoms with van der Waals surface area (Å²) in [6.07, 6.45) is 5.65. The third-order valence-corrected chi connectivity index (χ3v) is 6.09. The van der Waals surface area contributed by atoms with Crippen LogP contribution in [0.1, 0.15) is 41.0 Å². The fourth-order valence-corrected chi connectivity index (χ4v) is 5.27. The normalized spacial score (nSPS) is 54.0. The number of rotatable bonds is 0. The summed E-state index contributed by atoms with van der Waals surface area (Å²) < 4.78 is 12.4. The lowest BCUT2D eigenvalue weighted by molar-refractivity contribution is -0.156. The van der Waals surface area contributed by atoms with Gasteiger partial charge in [-0.2, -0.15) is 0 Å². The van der Waals surface area contributed by atoms with Crippen molar-refractivity contribution in [1.29, 1.82) is 0 Å². The Morgan fingerprint density at radius 1 is 1.15 bits per heavy atom. The molecule has 1 heterocycles. The number of Topliss-reactive ketones (excluding diaryl/α,β-unsaturated/α-hetero) is 1. The van der Waals surface area contributed by atoms with E-state index < -0.39 is 5.79 Å². The van der Waals surface area contributed by atoms with Gasteiger partial charge >= 0.3 is 0 Å². The van der Waals surface area contributed by atoms with Gasteiger partial charge in [0.05, 0.1) is 12.2 Å². The Labute approximate surface area is 120 Å². The zero-order valence-corrected chi connectivity index (χ0v) is 13.0. The van der Waals surface area contributed by atoms with Gasteiger partial charge in [0, 0.05) is 22.7 Å². The predicted octanol–water partition coefficient (Wildman–Crippen LogP) is 2.94. The summed E-state index contributed by atoms with van der Waals surface area (Å²) in [5, 5.41) is 0. The lowest BCUT2D eigenvalue weighted by Crippen LogP contribution is -2.59. The maximum atomic E-state index is 12.9. The molecule has 5 rings (SSSR count). The molecule has 1 aliphatic heterocycles. The average Bonchev–Trinajstić information content (AvgIpc) is 2.76. The molecule has 3 nitrogen and oxygen atoms in total. The van der Waals surface area contributed by atoms with Crippen molar-refractivity contribution < 1.29 is 14.3 Å². The molecule has 3 heteroatoms. The van der Waals surface area contributed by atoms with E-state index in [2.05, 4.69) is 32.9 Å². The van der Waals surface area contributed by atoms with Gasteiger partial charge in [0.25, 0.3) is 0 Å². The third kappa shape index (κ3) is 1.36. The minimum atomic E-state index is -0.530. The van der Waals surface area contributed by atoms with E-state index >= 15 is 0 Å². The average molecular weight is 276 g/mol. The highest BCUT2D eigenvalue weighted by molar-refractivity contribution is 5.90. The summed E-state index contributed by atoms with van der Waals surface area (Å²) in [7, 11) is 0. The zero-order valence-electron chi connectivity index (χ0n) is 13.0. The third-order valence-electron chi connectivity index (χ3n) is 6.09. The topological polar surface area (TPSA) is 35.5 Å². The van der Waals surface area contributed by atoms with E-state index in [0.29, 0.717) is 17.6 Å².